The summed E-state index contributed by atoms with van der Waals surface area (Å²) in [6, 6.07) is 7.06. The Morgan fingerprint density at radius 2 is 2.06 bits per heavy atom. The lowest BCUT2D eigenvalue weighted by Crippen LogP contribution is -2.25. The molecule has 1 fully saturated rings. The first kappa shape index (κ1) is 10.6. The van der Waals surface area contributed by atoms with Crippen molar-refractivity contribution < 1.29 is 0 Å². The SMILES string of the molecule is CC1CCC(Nc2ccc3cn[nH]c3c2)CC1. The molecule has 0 amide bonds. The number of nitrogens with one attached hydrogen (secondary N) is 2. The summed E-state index contributed by atoms with van der Waals surface area (Å²) in [7, 11) is 0. The average Bonchev–Trinajstić information content (AvgIpc) is 2.79. The molecule has 0 bridgehead atoms. The van der Waals surface area contributed by atoms with Crippen LogP contribution in [-0.4, -0.2) is 16.2 Å². The fourth-order valence-corrected chi connectivity index (χ4v) is 2.67. The Bertz CT molecular complexity index is 495. The fourth-order valence-electron chi connectivity index (χ4n) is 2.67. The van der Waals surface area contributed by atoms with Crippen LogP contribution in [0.1, 0.15) is 32.6 Å². The highest BCUT2D eigenvalue weighted by atomic mass is 15.1. The molecule has 0 atom stereocenters. The van der Waals surface area contributed by atoms with Crippen molar-refractivity contribution >= 4 is 16.6 Å². The number of rotatable bonds is 2. The third kappa shape index (κ3) is 2.28. The third-order valence-electron chi connectivity index (χ3n) is 3.83. The molecule has 0 radical (unpaired) electrons. The zero-order valence-corrected chi connectivity index (χ0v) is 10.2. The Labute approximate surface area is 102 Å². The van der Waals surface area contributed by atoms with Crippen molar-refractivity contribution in [1.82, 2.24) is 10.2 Å². The molecule has 17 heavy (non-hydrogen) atoms. The van der Waals surface area contributed by atoms with Crippen molar-refractivity contribution in [3.63, 3.8) is 0 Å². The summed E-state index contributed by atoms with van der Waals surface area (Å²) < 4.78 is 0. The van der Waals surface area contributed by atoms with Gasteiger partial charge in [0.15, 0.2) is 0 Å². The molecule has 2 aromatic rings. The van der Waals surface area contributed by atoms with E-state index >= 15 is 0 Å². The molecule has 0 aliphatic heterocycles. The van der Waals surface area contributed by atoms with Gasteiger partial charge in [-0.25, -0.2) is 0 Å². The van der Waals surface area contributed by atoms with Gasteiger partial charge in [-0.2, -0.15) is 5.10 Å². The van der Waals surface area contributed by atoms with E-state index in [0.29, 0.717) is 6.04 Å². The van der Waals surface area contributed by atoms with Gasteiger partial charge in [0.05, 0.1) is 11.7 Å². The second kappa shape index (κ2) is 4.40. The molecule has 0 spiro atoms. The van der Waals surface area contributed by atoms with Crippen LogP contribution in [0.25, 0.3) is 10.9 Å². The van der Waals surface area contributed by atoms with Gasteiger partial charge in [0, 0.05) is 17.1 Å². The van der Waals surface area contributed by atoms with Crippen LogP contribution >= 0.6 is 0 Å². The molecular weight excluding hydrogens is 210 g/mol. The number of hydrogen-bond donors (Lipinski definition) is 2. The smallest absolute Gasteiger partial charge is 0.0670 e. The fraction of sp³-hybridized carbons (Fsp3) is 0.500. The van der Waals surface area contributed by atoms with Crippen molar-refractivity contribution in [1.29, 1.82) is 0 Å². The molecule has 1 aliphatic rings. The van der Waals surface area contributed by atoms with E-state index in [1.165, 1.54) is 36.8 Å². The topological polar surface area (TPSA) is 40.7 Å². The van der Waals surface area contributed by atoms with E-state index in [2.05, 4.69) is 40.6 Å². The summed E-state index contributed by atoms with van der Waals surface area (Å²) in [6.07, 6.45) is 7.15. The molecule has 3 rings (SSSR count). The Hall–Kier alpha value is -1.51. The summed E-state index contributed by atoms with van der Waals surface area (Å²) in [5.74, 6) is 0.906. The van der Waals surface area contributed by atoms with Crippen LogP contribution < -0.4 is 5.32 Å². The van der Waals surface area contributed by atoms with Gasteiger partial charge in [0.2, 0.25) is 0 Å². The summed E-state index contributed by atoms with van der Waals surface area (Å²) in [4.78, 5) is 0. The number of H-pyrrole nitrogens is 1. The molecule has 3 nitrogen and oxygen atoms in total. The number of anilines is 1. The van der Waals surface area contributed by atoms with Crippen LogP contribution in [0.2, 0.25) is 0 Å². The van der Waals surface area contributed by atoms with Gasteiger partial charge in [-0.3, -0.25) is 5.10 Å². The first-order valence-electron chi connectivity index (χ1n) is 6.51. The summed E-state index contributed by atoms with van der Waals surface area (Å²) in [5, 5.41) is 11.9. The Balaban J connectivity index is 1.71. The first-order chi connectivity index (χ1) is 8.31. The second-order valence-electron chi connectivity index (χ2n) is 5.27. The van der Waals surface area contributed by atoms with Gasteiger partial charge in [-0.05, 0) is 49.8 Å². The van der Waals surface area contributed by atoms with Crippen molar-refractivity contribution in [3.05, 3.63) is 24.4 Å². The van der Waals surface area contributed by atoms with Crippen LogP contribution in [0.5, 0.6) is 0 Å². The van der Waals surface area contributed by atoms with E-state index in [-0.39, 0.29) is 0 Å². The van der Waals surface area contributed by atoms with E-state index < -0.39 is 0 Å². The molecule has 90 valence electrons. The third-order valence-corrected chi connectivity index (χ3v) is 3.83. The standard InChI is InChI=1S/C14H19N3/c1-10-2-5-12(6-3-10)16-13-7-4-11-9-15-17-14(11)8-13/h4,7-10,12,16H,2-3,5-6H2,1H3,(H,15,17). The molecule has 1 aromatic heterocycles. The zero-order valence-electron chi connectivity index (χ0n) is 10.2. The number of benzene rings is 1. The number of hydrogen-bond acceptors (Lipinski definition) is 2. The molecule has 1 aromatic carbocycles. The van der Waals surface area contributed by atoms with Crippen molar-refractivity contribution in [3.8, 4) is 0 Å². The maximum atomic E-state index is 4.05. The minimum atomic E-state index is 0.645. The average molecular weight is 229 g/mol. The van der Waals surface area contributed by atoms with Gasteiger partial charge in [-0.15, -0.1) is 0 Å². The molecule has 1 aliphatic carbocycles. The van der Waals surface area contributed by atoms with E-state index in [9.17, 15) is 0 Å². The zero-order chi connectivity index (χ0) is 11.7. The Morgan fingerprint density at radius 3 is 2.88 bits per heavy atom. The molecule has 3 heteroatoms. The second-order valence-corrected chi connectivity index (χ2v) is 5.27. The normalized spacial score (nSPS) is 25.0. The molecule has 0 unspecified atom stereocenters. The van der Waals surface area contributed by atoms with Crippen molar-refractivity contribution in [2.45, 2.75) is 38.6 Å². The highest BCUT2D eigenvalue weighted by molar-refractivity contribution is 5.81. The maximum Gasteiger partial charge on any atom is 0.0670 e. The minimum Gasteiger partial charge on any atom is -0.382 e. The van der Waals surface area contributed by atoms with E-state index in [1.807, 2.05) is 6.20 Å². The van der Waals surface area contributed by atoms with Crippen molar-refractivity contribution in [2.75, 3.05) is 5.32 Å². The molecule has 1 heterocycles. The number of aromatic amines is 1. The largest absolute Gasteiger partial charge is 0.382 e. The molecule has 1 saturated carbocycles. The van der Waals surface area contributed by atoms with E-state index in [4.69, 9.17) is 0 Å². The van der Waals surface area contributed by atoms with Crippen LogP contribution in [0, 0.1) is 5.92 Å². The quantitative estimate of drug-likeness (QED) is 0.826. The number of fused-ring (bicyclic) bond motifs is 1. The monoisotopic (exact) mass is 229 g/mol. The van der Waals surface area contributed by atoms with Crippen LogP contribution in [0.15, 0.2) is 24.4 Å². The maximum absolute atomic E-state index is 4.05. The predicted molar refractivity (Wildman–Crippen MR) is 71.1 cm³/mol. The summed E-state index contributed by atoms with van der Waals surface area (Å²) >= 11 is 0. The summed E-state index contributed by atoms with van der Waals surface area (Å²) in [6.45, 7) is 2.35. The van der Waals surface area contributed by atoms with E-state index in [1.54, 1.807) is 0 Å². The van der Waals surface area contributed by atoms with Gasteiger partial charge in [0.25, 0.3) is 0 Å². The van der Waals surface area contributed by atoms with Crippen molar-refractivity contribution in [2.24, 2.45) is 5.92 Å². The Morgan fingerprint density at radius 1 is 1.24 bits per heavy atom. The van der Waals surface area contributed by atoms with Crippen LogP contribution in [0.3, 0.4) is 0 Å². The van der Waals surface area contributed by atoms with Gasteiger partial charge in [0.1, 0.15) is 0 Å². The molecule has 0 saturated heterocycles. The predicted octanol–water partition coefficient (Wildman–Crippen LogP) is 3.55. The van der Waals surface area contributed by atoms with E-state index in [0.717, 1.165) is 11.4 Å². The van der Waals surface area contributed by atoms with Crippen LogP contribution in [0.4, 0.5) is 5.69 Å². The number of nitrogens with zero attached hydrogens (tertiary/aromatic N) is 1. The van der Waals surface area contributed by atoms with Gasteiger partial charge < -0.3 is 5.32 Å². The first-order valence-corrected chi connectivity index (χ1v) is 6.51. The van der Waals surface area contributed by atoms with Crippen LogP contribution in [-0.2, 0) is 0 Å². The lowest BCUT2D eigenvalue weighted by Gasteiger charge is -2.27. The molecule has 2 N–H and O–H groups in total. The lowest BCUT2D eigenvalue weighted by molar-refractivity contribution is 0.361. The van der Waals surface area contributed by atoms with Gasteiger partial charge in [-0.1, -0.05) is 6.92 Å². The summed E-state index contributed by atoms with van der Waals surface area (Å²) in [5.41, 5.74) is 2.32. The highest BCUT2D eigenvalue weighted by Gasteiger charge is 2.17. The lowest BCUT2D eigenvalue weighted by atomic mass is 9.87. The number of aromatic nitrogens is 2. The minimum absolute atomic E-state index is 0.645. The van der Waals surface area contributed by atoms with Gasteiger partial charge >= 0.3 is 0 Å². The highest BCUT2D eigenvalue weighted by Crippen LogP contribution is 2.26. The molecular formula is C14H19N3. The Kier molecular flexibility index (Phi) is 2.75.